The van der Waals surface area contributed by atoms with Crippen LogP contribution in [0.1, 0.15) is 65.1 Å². The summed E-state index contributed by atoms with van der Waals surface area (Å²) in [5, 5.41) is 17.3. The van der Waals surface area contributed by atoms with Crippen LogP contribution in [0.2, 0.25) is 0 Å². The summed E-state index contributed by atoms with van der Waals surface area (Å²) in [6.45, 7) is 0.570. The van der Waals surface area contributed by atoms with Crippen molar-refractivity contribution in [3.8, 4) is 5.75 Å². The number of nitrogens with one attached hydrogen (secondary N) is 2. The van der Waals surface area contributed by atoms with E-state index >= 15 is 0 Å². The third-order valence-electron chi connectivity index (χ3n) is 8.31. The maximum Gasteiger partial charge on any atom is 0.573 e. The lowest BCUT2D eigenvalue weighted by Gasteiger charge is -2.26. The van der Waals surface area contributed by atoms with Crippen molar-refractivity contribution in [2.75, 3.05) is 23.1 Å². The quantitative estimate of drug-likeness (QED) is 0.248. The van der Waals surface area contributed by atoms with Gasteiger partial charge in [-0.2, -0.15) is 0 Å². The Balaban J connectivity index is 1.33. The van der Waals surface area contributed by atoms with Crippen LogP contribution in [-0.2, 0) is 23.0 Å². The summed E-state index contributed by atoms with van der Waals surface area (Å²) in [5.74, 6) is -0.445. The molecule has 3 aromatic carbocycles. The molecule has 8 nitrogen and oxygen atoms in total. The highest BCUT2D eigenvalue weighted by Gasteiger charge is 2.32. The molecule has 2 fully saturated rings. The molecule has 1 saturated carbocycles. The molecule has 1 aliphatic heterocycles. The van der Waals surface area contributed by atoms with Crippen LogP contribution < -0.4 is 19.7 Å². The Labute approximate surface area is 261 Å². The minimum absolute atomic E-state index is 0.0432. The van der Waals surface area contributed by atoms with Crippen LogP contribution in [0.25, 0.3) is 0 Å². The van der Waals surface area contributed by atoms with Gasteiger partial charge >= 0.3 is 6.36 Å². The SMILES string of the molecule is O=C(N[C@@H](Cc1ccccc1)[C@H](O)CNCc1cccc(OC(F)(F)F)c1)c1cc(C2CCCC2)cc(N2CCCS2(=O)=O)c1. The lowest BCUT2D eigenvalue weighted by Crippen LogP contribution is -2.48. The van der Waals surface area contributed by atoms with Crippen molar-refractivity contribution in [1.29, 1.82) is 0 Å². The molecular formula is C33H38F3N3O5S. The second-order valence-corrected chi connectivity index (χ2v) is 13.7. The number of anilines is 1. The molecule has 3 aromatic rings. The third-order valence-corrected chi connectivity index (χ3v) is 10.2. The summed E-state index contributed by atoms with van der Waals surface area (Å²) in [5.41, 5.74) is 3.18. The molecule has 1 aliphatic carbocycles. The number of aliphatic hydroxyl groups excluding tert-OH is 1. The molecular weight excluding hydrogens is 607 g/mol. The van der Waals surface area contributed by atoms with E-state index < -0.39 is 34.4 Å². The molecule has 3 N–H and O–H groups in total. The zero-order valence-corrected chi connectivity index (χ0v) is 25.6. The van der Waals surface area contributed by atoms with Crippen LogP contribution in [0.3, 0.4) is 0 Å². The van der Waals surface area contributed by atoms with Gasteiger partial charge in [-0.3, -0.25) is 9.10 Å². The molecule has 45 heavy (non-hydrogen) atoms. The average molecular weight is 646 g/mol. The maximum atomic E-state index is 13.8. The predicted octanol–water partition coefficient (Wildman–Crippen LogP) is 5.27. The normalized spacial score (nSPS) is 18.1. The fourth-order valence-electron chi connectivity index (χ4n) is 6.10. The van der Waals surface area contributed by atoms with Crippen molar-refractivity contribution in [3.05, 3.63) is 95.1 Å². The molecule has 1 amide bonds. The van der Waals surface area contributed by atoms with Gasteiger partial charge in [0.15, 0.2) is 0 Å². The summed E-state index contributed by atoms with van der Waals surface area (Å²) < 4.78 is 68.8. The van der Waals surface area contributed by atoms with Crippen LogP contribution in [0.15, 0.2) is 72.8 Å². The van der Waals surface area contributed by atoms with Gasteiger partial charge in [-0.15, -0.1) is 13.2 Å². The Bertz CT molecular complexity index is 1560. The lowest BCUT2D eigenvalue weighted by molar-refractivity contribution is -0.274. The second kappa shape index (κ2) is 14.2. The van der Waals surface area contributed by atoms with Gasteiger partial charge < -0.3 is 20.5 Å². The van der Waals surface area contributed by atoms with Crippen LogP contribution >= 0.6 is 0 Å². The van der Waals surface area contributed by atoms with E-state index in [-0.39, 0.29) is 30.5 Å². The van der Waals surface area contributed by atoms with Crippen molar-refractivity contribution in [1.82, 2.24) is 10.6 Å². The summed E-state index contributed by atoms with van der Waals surface area (Å²) in [6, 6.07) is 19.6. The van der Waals surface area contributed by atoms with E-state index in [9.17, 15) is 31.5 Å². The second-order valence-electron chi connectivity index (χ2n) is 11.7. The number of rotatable bonds is 12. The number of carbonyl (C=O) groups excluding carboxylic acids is 1. The Kier molecular flexibility index (Phi) is 10.4. The first-order chi connectivity index (χ1) is 21.5. The van der Waals surface area contributed by atoms with E-state index in [1.807, 2.05) is 42.5 Å². The number of benzene rings is 3. The Morgan fingerprint density at radius 3 is 2.40 bits per heavy atom. The number of nitrogens with zero attached hydrogens (tertiary/aromatic N) is 1. The molecule has 5 rings (SSSR count). The van der Waals surface area contributed by atoms with Crippen LogP contribution in [0.5, 0.6) is 5.75 Å². The first kappa shape index (κ1) is 32.8. The van der Waals surface area contributed by atoms with E-state index in [0.717, 1.165) is 36.8 Å². The molecule has 2 aliphatic rings. The number of ether oxygens (including phenoxy) is 1. The molecule has 12 heteroatoms. The Morgan fingerprint density at radius 2 is 1.71 bits per heavy atom. The van der Waals surface area contributed by atoms with E-state index in [0.29, 0.717) is 36.2 Å². The number of carbonyl (C=O) groups is 1. The number of hydrogen-bond acceptors (Lipinski definition) is 6. The first-order valence-electron chi connectivity index (χ1n) is 15.2. The highest BCUT2D eigenvalue weighted by molar-refractivity contribution is 7.93. The van der Waals surface area contributed by atoms with Crippen LogP contribution in [0.4, 0.5) is 18.9 Å². The molecule has 0 unspecified atom stereocenters. The van der Waals surface area contributed by atoms with Gasteiger partial charge in [0.1, 0.15) is 5.75 Å². The lowest BCUT2D eigenvalue weighted by atomic mass is 9.94. The van der Waals surface area contributed by atoms with Crippen molar-refractivity contribution in [3.63, 3.8) is 0 Å². The van der Waals surface area contributed by atoms with Gasteiger partial charge in [-0.25, -0.2) is 8.42 Å². The molecule has 242 valence electrons. The zero-order valence-electron chi connectivity index (χ0n) is 24.8. The highest BCUT2D eigenvalue weighted by atomic mass is 32.2. The number of hydrogen-bond donors (Lipinski definition) is 3. The summed E-state index contributed by atoms with van der Waals surface area (Å²) >= 11 is 0. The maximum absolute atomic E-state index is 13.8. The van der Waals surface area contributed by atoms with Gasteiger partial charge in [0, 0.05) is 25.2 Å². The summed E-state index contributed by atoms with van der Waals surface area (Å²) in [6.07, 6.45) is -0.902. The fraction of sp³-hybridized carbons (Fsp3) is 0.424. The van der Waals surface area contributed by atoms with Gasteiger partial charge in [0.05, 0.1) is 23.6 Å². The number of amides is 1. The van der Waals surface area contributed by atoms with Crippen molar-refractivity contribution in [2.45, 2.75) is 69.5 Å². The molecule has 0 bridgehead atoms. The smallest absolute Gasteiger partial charge is 0.406 e. The fourth-order valence-corrected chi connectivity index (χ4v) is 7.64. The third kappa shape index (κ3) is 8.99. The zero-order chi connectivity index (χ0) is 32.0. The summed E-state index contributed by atoms with van der Waals surface area (Å²) in [7, 11) is -3.46. The molecule has 1 heterocycles. The van der Waals surface area contributed by atoms with Gasteiger partial charge in [0.25, 0.3) is 5.91 Å². The Hall–Kier alpha value is -3.61. The molecule has 1 saturated heterocycles. The minimum Gasteiger partial charge on any atom is -0.406 e. The van der Waals surface area contributed by atoms with E-state index in [1.54, 1.807) is 12.1 Å². The standard InChI is InChI=1S/C33H38F3N3O5S/c34-33(35,36)44-29-13-6-10-24(16-29)21-37-22-31(40)30(17-23-8-2-1-3-9-23)38-32(41)27-18-26(25-11-4-5-12-25)19-28(20-27)39-14-7-15-45(39,42)43/h1-3,6,8-10,13,16,18-20,25,30-31,37,40H,4-5,7,11-12,14-15,17,21-22H2,(H,38,41)/t30-,31+/m0/s1. The van der Waals surface area contributed by atoms with Crippen LogP contribution in [-0.4, -0.2) is 56.8 Å². The first-order valence-corrected chi connectivity index (χ1v) is 16.8. The molecule has 0 spiro atoms. The average Bonchev–Trinajstić information content (AvgIpc) is 3.66. The van der Waals surface area contributed by atoms with Crippen LogP contribution in [0, 0.1) is 0 Å². The van der Waals surface area contributed by atoms with Gasteiger partial charge in [-0.1, -0.05) is 55.3 Å². The summed E-state index contributed by atoms with van der Waals surface area (Å²) in [4.78, 5) is 13.8. The van der Waals surface area contributed by atoms with Gasteiger partial charge in [0.2, 0.25) is 10.0 Å². The molecule has 0 aromatic heterocycles. The topological polar surface area (TPSA) is 108 Å². The van der Waals surface area contributed by atoms with Crippen molar-refractivity contribution in [2.24, 2.45) is 0 Å². The number of sulfonamides is 1. The van der Waals surface area contributed by atoms with Crippen molar-refractivity contribution >= 4 is 21.6 Å². The van der Waals surface area contributed by atoms with E-state index in [4.69, 9.17) is 0 Å². The number of alkyl halides is 3. The molecule has 0 radical (unpaired) electrons. The number of halogens is 3. The predicted molar refractivity (Wildman–Crippen MR) is 166 cm³/mol. The highest BCUT2D eigenvalue weighted by Crippen LogP contribution is 2.37. The Morgan fingerprint density at radius 1 is 0.978 bits per heavy atom. The minimum atomic E-state index is -4.80. The monoisotopic (exact) mass is 645 g/mol. The largest absolute Gasteiger partial charge is 0.573 e. The molecule has 2 atom stereocenters. The number of aliphatic hydroxyl groups is 1. The van der Waals surface area contributed by atoms with E-state index in [1.165, 1.54) is 22.5 Å². The van der Waals surface area contributed by atoms with E-state index in [2.05, 4.69) is 15.4 Å². The van der Waals surface area contributed by atoms with Crippen molar-refractivity contribution < 1.29 is 36.2 Å². The van der Waals surface area contributed by atoms with Gasteiger partial charge in [-0.05, 0) is 78.6 Å².